The van der Waals surface area contributed by atoms with E-state index in [0.717, 1.165) is 41.8 Å². The maximum atomic E-state index is 13.9. The quantitative estimate of drug-likeness (QED) is 0.592. The van der Waals surface area contributed by atoms with Crippen molar-refractivity contribution in [2.24, 2.45) is 11.8 Å². The fourth-order valence-corrected chi connectivity index (χ4v) is 8.21. The average molecular weight is 471 g/mol. The monoisotopic (exact) mass is 470 g/mol. The van der Waals surface area contributed by atoms with Gasteiger partial charge in [0.2, 0.25) is 5.56 Å². The molecule has 2 unspecified atom stereocenters. The van der Waals surface area contributed by atoms with Crippen molar-refractivity contribution in [2.75, 3.05) is 0 Å². The highest BCUT2D eigenvalue weighted by atomic mass is 16.1. The van der Waals surface area contributed by atoms with E-state index in [4.69, 9.17) is 4.98 Å². The number of nitrogens with zero attached hydrogens (tertiary/aromatic N) is 3. The van der Waals surface area contributed by atoms with Crippen LogP contribution >= 0.6 is 0 Å². The summed E-state index contributed by atoms with van der Waals surface area (Å²) in [7, 11) is 0. The summed E-state index contributed by atoms with van der Waals surface area (Å²) in [6.07, 6.45) is 13.1. The van der Waals surface area contributed by atoms with Gasteiger partial charge < -0.3 is 9.55 Å². The third kappa shape index (κ3) is 3.68. The highest BCUT2D eigenvalue weighted by molar-refractivity contribution is 5.77. The smallest absolute Gasteiger partial charge is 0.279 e. The van der Waals surface area contributed by atoms with Crippen molar-refractivity contribution in [2.45, 2.75) is 88.4 Å². The molecule has 1 N–H and O–H groups in total. The second kappa shape index (κ2) is 8.44. The Bertz CT molecular complexity index is 1350. The topological polar surface area (TPSA) is 71.0 Å². The van der Waals surface area contributed by atoms with Gasteiger partial charge in [0, 0.05) is 30.2 Å². The molecule has 4 fully saturated rings. The molecule has 2 aromatic heterocycles. The normalized spacial score (nSPS) is 32.7. The number of aromatic amines is 1. The molecule has 2 aliphatic heterocycles. The van der Waals surface area contributed by atoms with E-state index in [1.165, 1.54) is 57.4 Å². The first-order chi connectivity index (χ1) is 17.1. The van der Waals surface area contributed by atoms with Crippen molar-refractivity contribution >= 4 is 11.0 Å². The molecule has 6 atom stereocenters. The molecule has 4 bridgehead atoms. The van der Waals surface area contributed by atoms with Crippen LogP contribution in [0.2, 0.25) is 0 Å². The lowest BCUT2D eigenvalue weighted by molar-refractivity contribution is 0.00791. The number of nitrogens with one attached hydrogen (secondary N) is 1. The molecule has 35 heavy (non-hydrogen) atoms. The third-order valence-electron chi connectivity index (χ3n) is 9.47. The van der Waals surface area contributed by atoms with Gasteiger partial charge in [-0.2, -0.15) is 0 Å². The maximum absolute atomic E-state index is 13.9. The van der Waals surface area contributed by atoms with Crippen molar-refractivity contribution in [3.63, 3.8) is 0 Å². The maximum Gasteiger partial charge on any atom is 0.279 e. The van der Waals surface area contributed by atoms with E-state index < -0.39 is 0 Å². The zero-order valence-electron chi connectivity index (χ0n) is 20.2. The lowest BCUT2D eigenvalue weighted by Gasteiger charge is -2.49. The summed E-state index contributed by atoms with van der Waals surface area (Å²) < 4.78 is 2.02. The summed E-state index contributed by atoms with van der Waals surface area (Å²) in [6, 6.07) is 14.9. The molecule has 3 aromatic rings. The summed E-state index contributed by atoms with van der Waals surface area (Å²) in [5, 5.41) is 0. The number of H-pyrrole nitrogens is 1. The second-order valence-electron chi connectivity index (χ2n) is 11.5. The summed E-state index contributed by atoms with van der Waals surface area (Å²) in [6.45, 7) is 0. The SMILES string of the molecule is O=c1cccc(-c2nc3ccccc3n(C3C[C@H]4CC[C@@H](C3)N4C3C[C@H]4CCC[C@@H](C3)C4)c2=O)[nH]1. The van der Waals surface area contributed by atoms with Gasteiger partial charge in [0.05, 0.1) is 16.7 Å². The minimum absolute atomic E-state index is 0.0874. The number of para-hydroxylation sites is 2. The fraction of sp³-hybridized carbons (Fsp3) is 0.552. The molecular formula is C29H34N4O2. The summed E-state index contributed by atoms with van der Waals surface area (Å²) in [5.41, 5.74) is 2.25. The van der Waals surface area contributed by atoms with Gasteiger partial charge in [0.25, 0.3) is 5.56 Å². The van der Waals surface area contributed by atoms with Crippen LogP contribution in [0.15, 0.2) is 52.1 Å². The second-order valence-corrected chi connectivity index (χ2v) is 11.5. The van der Waals surface area contributed by atoms with Crippen molar-refractivity contribution < 1.29 is 0 Å². The van der Waals surface area contributed by atoms with Crippen LogP contribution in [-0.2, 0) is 0 Å². The van der Waals surface area contributed by atoms with Crippen LogP contribution in [0.5, 0.6) is 0 Å². The standard InChI is InChI=1S/C29H34N4O2/c34-27-10-4-8-25(30-27)28-29(35)33(26-9-2-1-7-24(26)31-28)23-16-20-11-12-21(17-23)32(20)22-14-18-5-3-6-19(13-18)15-22/h1-2,4,7-10,18-23H,3,5-6,11-17H2,(H,30,34)/t18-,19+,20-,21+,22?,23?. The molecule has 6 nitrogen and oxygen atoms in total. The Morgan fingerprint density at radius 2 is 1.49 bits per heavy atom. The number of aromatic nitrogens is 3. The molecule has 2 saturated heterocycles. The first-order valence-electron chi connectivity index (χ1n) is 13.6. The summed E-state index contributed by atoms with van der Waals surface area (Å²) >= 11 is 0. The van der Waals surface area contributed by atoms with Crippen molar-refractivity contribution in [1.29, 1.82) is 0 Å². The largest absolute Gasteiger partial charge is 0.320 e. The van der Waals surface area contributed by atoms with Crippen molar-refractivity contribution in [1.82, 2.24) is 19.4 Å². The number of hydrogen-bond acceptors (Lipinski definition) is 4. The zero-order chi connectivity index (χ0) is 23.5. The highest BCUT2D eigenvalue weighted by Crippen LogP contribution is 2.48. The molecule has 0 radical (unpaired) electrons. The van der Waals surface area contributed by atoms with E-state index >= 15 is 0 Å². The molecule has 1 aromatic carbocycles. The number of hydrogen-bond donors (Lipinski definition) is 1. The van der Waals surface area contributed by atoms with E-state index in [-0.39, 0.29) is 17.2 Å². The summed E-state index contributed by atoms with van der Waals surface area (Å²) in [4.78, 5) is 36.3. The molecule has 4 aliphatic rings. The third-order valence-corrected chi connectivity index (χ3v) is 9.47. The molecule has 0 amide bonds. The molecule has 0 spiro atoms. The van der Waals surface area contributed by atoms with Gasteiger partial charge in [-0.1, -0.05) is 37.5 Å². The van der Waals surface area contributed by atoms with E-state index in [1.807, 2.05) is 28.8 Å². The van der Waals surface area contributed by atoms with Gasteiger partial charge >= 0.3 is 0 Å². The van der Waals surface area contributed by atoms with Crippen LogP contribution in [-0.4, -0.2) is 37.6 Å². The molecular weight excluding hydrogens is 436 g/mol. The van der Waals surface area contributed by atoms with Gasteiger partial charge in [-0.3, -0.25) is 14.5 Å². The number of rotatable bonds is 3. The molecule has 7 rings (SSSR count). The van der Waals surface area contributed by atoms with Gasteiger partial charge in [0.1, 0.15) is 0 Å². The zero-order valence-corrected chi connectivity index (χ0v) is 20.2. The minimum Gasteiger partial charge on any atom is -0.320 e. The van der Waals surface area contributed by atoms with Gasteiger partial charge in [-0.15, -0.1) is 0 Å². The molecule has 2 aliphatic carbocycles. The van der Waals surface area contributed by atoms with Crippen LogP contribution in [0.4, 0.5) is 0 Å². The Morgan fingerprint density at radius 3 is 2.23 bits per heavy atom. The van der Waals surface area contributed by atoms with E-state index in [2.05, 4.69) is 9.88 Å². The van der Waals surface area contributed by atoms with Crippen molar-refractivity contribution in [3.05, 3.63) is 63.2 Å². The Labute approximate surface area is 205 Å². The van der Waals surface area contributed by atoms with E-state index in [1.54, 1.807) is 12.1 Å². The fourth-order valence-electron chi connectivity index (χ4n) is 8.21. The van der Waals surface area contributed by atoms with Gasteiger partial charge in [-0.25, -0.2) is 4.98 Å². The lowest BCUT2D eigenvalue weighted by atomic mass is 9.69. The number of benzene rings is 1. The van der Waals surface area contributed by atoms with E-state index in [0.29, 0.717) is 23.5 Å². The molecule has 4 heterocycles. The molecule has 2 saturated carbocycles. The first kappa shape index (κ1) is 21.5. The number of fused-ring (bicyclic) bond motifs is 5. The number of pyridine rings is 1. The van der Waals surface area contributed by atoms with Crippen LogP contribution in [0, 0.1) is 11.8 Å². The highest BCUT2D eigenvalue weighted by Gasteiger charge is 2.47. The average Bonchev–Trinajstić information content (AvgIpc) is 3.13. The van der Waals surface area contributed by atoms with Crippen LogP contribution < -0.4 is 11.1 Å². The first-order valence-corrected chi connectivity index (χ1v) is 13.6. The van der Waals surface area contributed by atoms with Crippen LogP contribution in [0.3, 0.4) is 0 Å². The number of piperidine rings is 1. The Hall–Kier alpha value is -2.73. The molecule has 6 heteroatoms. The Kier molecular flexibility index (Phi) is 5.19. The van der Waals surface area contributed by atoms with Gasteiger partial charge in [0.15, 0.2) is 5.69 Å². The van der Waals surface area contributed by atoms with Crippen molar-refractivity contribution in [3.8, 4) is 11.4 Å². The Balaban J connectivity index is 1.25. The van der Waals surface area contributed by atoms with E-state index in [9.17, 15) is 9.59 Å². The minimum atomic E-state index is -0.216. The summed E-state index contributed by atoms with van der Waals surface area (Å²) in [5.74, 6) is 1.87. The van der Waals surface area contributed by atoms with Crippen LogP contribution in [0.1, 0.15) is 70.3 Å². The lowest BCUT2D eigenvalue weighted by Crippen LogP contribution is -2.52. The Morgan fingerprint density at radius 1 is 0.743 bits per heavy atom. The molecule has 182 valence electrons. The predicted molar refractivity (Wildman–Crippen MR) is 137 cm³/mol. The van der Waals surface area contributed by atoms with Gasteiger partial charge in [-0.05, 0) is 75.0 Å². The predicted octanol–water partition coefficient (Wildman–Crippen LogP) is 4.89. The van der Waals surface area contributed by atoms with Crippen LogP contribution in [0.25, 0.3) is 22.4 Å².